The summed E-state index contributed by atoms with van der Waals surface area (Å²) in [5.74, 6) is 0.686. The Morgan fingerprint density at radius 2 is 1.65 bits per heavy atom. The van der Waals surface area contributed by atoms with Crippen molar-refractivity contribution in [2.45, 2.75) is 45.2 Å². The van der Waals surface area contributed by atoms with Gasteiger partial charge in [0.15, 0.2) is 5.43 Å². The van der Waals surface area contributed by atoms with Crippen molar-refractivity contribution in [3.63, 3.8) is 0 Å². The van der Waals surface area contributed by atoms with Crippen molar-refractivity contribution in [3.8, 4) is 0 Å². The van der Waals surface area contributed by atoms with Crippen LogP contribution in [0.3, 0.4) is 0 Å². The van der Waals surface area contributed by atoms with E-state index in [0.717, 1.165) is 23.9 Å². The largest absolute Gasteiger partial charge is 0.352 e. The molecular weight excluding hydrogens is 324 g/mol. The predicted octanol–water partition coefficient (Wildman–Crippen LogP) is 3.85. The average molecular weight is 348 g/mol. The van der Waals surface area contributed by atoms with Gasteiger partial charge in [0.05, 0.1) is 11.0 Å². The molecule has 1 amide bonds. The lowest BCUT2D eigenvalue weighted by molar-refractivity contribution is -0.122. The molecule has 4 rings (SSSR count). The van der Waals surface area contributed by atoms with Gasteiger partial charge in [0, 0.05) is 16.8 Å². The van der Waals surface area contributed by atoms with Crippen LogP contribution in [0.4, 0.5) is 0 Å². The van der Waals surface area contributed by atoms with Crippen LogP contribution in [0.15, 0.2) is 53.3 Å². The van der Waals surface area contributed by atoms with E-state index in [1.807, 2.05) is 53.1 Å². The molecule has 2 aromatic carbocycles. The van der Waals surface area contributed by atoms with Gasteiger partial charge in [-0.3, -0.25) is 9.59 Å². The van der Waals surface area contributed by atoms with Crippen LogP contribution in [-0.4, -0.2) is 16.5 Å². The molecule has 1 aliphatic carbocycles. The molecule has 0 bridgehead atoms. The second kappa shape index (κ2) is 6.94. The highest BCUT2D eigenvalue weighted by atomic mass is 16.2. The fourth-order valence-electron chi connectivity index (χ4n) is 4.23. The third-order valence-corrected chi connectivity index (χ3v) is 5.48. The second-order valence-electron chi connectivity index (χ2n) is 7.49. The van der Waals surface area contributed by atoms with Crippen LogP contribution in [-0.2, 0) is 11.3 Å². The SMILES string of the molecule is CC1CCCC(NC(=O)Cn2c3ccccc3c(=O)c3ccccc32)C1. The number of hydrogen-bond donors (Lipinski definition) is 1. The Morgan fingerprint density at radius 1 is 1.04 bits per heavy atom. The maximum atomic E-state index is 12.8. The molecule has 1 aromatic heterocycles. The molecule has 1 N–H and O–H groups in total. The first-order valence-corrected chi connectivity index (χ1v) is 9.43. The summed E-state index contributed by atoms with van der Waals surface area (Å²) in [6.07, 6.45) is 4.54. The molecule has 26 heavy (non-hydrogen) atoms. The molecule has 4 nitrogen and oxygen atoms in total. The molecule has 0 spiro atoms. The lowest BCUT2D eigenvalue weighted by Gasteiger charge is -2.27. The van der Waals surface area contributed by atoms with Crippen molar-refractivity contribution < 1.29 is 4.79 Å². The molecular formula is C22H24N2O2. The highest BCUT2D eigenvalue weighted by Crippen LogP contribution is 2.24. The first-order valence-electron chi connectivity index (χ1n) is 9.43. The third kappa shape index (κ3) is 3.12. The number of carbonyl (C=O) groups excluding carboxylic acids is 1. The normalized spacial score (nSPS) is 20.3. The highest BCUT2D eigenvalue weighted by Gasteiger charge is 2.21. The topological polar surface area (TPSA) is 51.1 Å². The molecule has 1 fully saturated rings. The molecule has 0 aliphatic heterocycles. The Labute approximate surface area is 152 Å². The van der Waals surface area contributed by atoms with Gasteiger partial charge in [0.25, 0.3) is 0 Å². The maximum absolute atomic E-state index is 12.8. The van der Waals surface area contributed by atoms with Gasteiger partial charge in [-0.05, 0) is 43.0 Å². The molecule has 1 heterocycles. The van der Waals surface area contributed by atoms with E-state index in [9.17, 15) is 9.59 Å². The average Bonchev–Trinajstić information content (AvgIpc) is 2.65. The number of nitrogens with one attached hydrogen (secondary N) is 1. The number of rotatable bonds is 3. The Hall–Kier alpha value is -2.62. The standard InChI is InChI=1S/C22H24N2O2/c1-15-7-6-8-16(13-15)23-21(25)14-24-19-11-4-2-9-17(19)22(26)18-10-3-5-12-20(18)24/h2-5,9-12,15-16H,6-8,13-14H2,1H3,(H,23,25). The molecule has 134 valence electrons. The number of fused-ring (bicyclic) bond motifs is 2. The number of aromatic nitrogens is 1. The number of pyridine rings is 1. The van der Waals surface area contributed by atoms with Crippen LogP contribution < -0.4 is 10.7 Å². The van der Waals surface area contributed by atoms with Crippen molar-refractivity contribution in [1.82, 2.24) is 9.88 Å². The molecule has 2 atom stereocenters. The summed E-state index contributed by atoms with van der Waals surface area (Å²) in [6.45, 7) is 2.48. The van der Waals surface area contributed by atoms with Crippen LogP contribution in [0.2, 0.25) is 0 Å². The number of nitrogens with zero attached hydrogens (tertiary/aromatic N) is 1. The molecule has 0 radical (unpaired) electrons. The zero-order valence-electron chi connectivity index (χ0n) is 15.1. The summed E-state index contributed by atoms with van der Waals surface area (Å²) < 4.78 is 1.97. The Balaban J connectivity index is 1.72. The van der Waals surface area contributed by atoms with Crippen molar-refractivity contribution in [3.05, 3.63) is 58.8 Å². The third-order valence-electron chi connectivity index (χ3n) is 5.48. The van der Waals surface area contributed by atoms with Crippen molar-refractivity contribution in [2.75, 3.05) is 0 Å². The van der Waals surface area contributed by atoms with E-state index in [1.165, 1.54) is 12.8 Å². The van der Waals surface area contributed by atoms with E-state index in [1.54, 1.807) is 0 Å². The summed E-state index contributed by atoms with van der Waals surface area (Å²) >= 11 is 0. The number of hydrogen-bond acceptors (Lipinski definition) is 2. The lowest BCUT2D eigenvalue weighted by Crippen LogP contribution is -2.39. The number of carbonyl (C=O) groups is 1. The lowest BCUT2D eigenvalue weighted by atomic mass is 9.87. The first-order chi connectivity index (χ1) is 12.6. The van der Waals surface area contributed by atoms with Crippen LogP contribution in [0.1, 0.15) is 32.6 Å². The summed E-state index contributed by atoms with van der Waals surface area (Å²) in [4.78, 5) is 25.5. The van der Waals surface area contributed by atoms with Crippen molar-refractivity contribution >= 4 is 27.7 Å². The van der Waals surface area contributed by atoms with E-state index in [2.05, 4.69) is 12.2 Å². The van der Waals surface area contributed by atoms with Crippen molar-refractivity contribution in [1.29, 1.82) is 0 Å². The van der Waals surface area contributed by atoms with Gasteiger partial charge in [-0.2, -0.15) is 0 Å². The molecule has 1 aliphatic rings. The van der Waals surface area contributed by atoms with E-state index in [-0.39, 0.29) is 23.9 Å². The second-order valence-corrected chi connectivity index (χ2v) is 7.49. The molecule has 3 aromatic rings. The van der Waals surface area contributed by atoms with Gasteiger partial charge in [-0.15, -0.1) is 0 Å². The fourth-order valence-corrected chi connectivity index (χ4v) is 4.23. The van der Waals surface area contributed by atoms with Crippen LogP contribution >= 0.6 is 0 Å². The van der Waals surface area contributed by atoms with Gasteiger partial charge in [-0.25, -0.2) is 0 Å². The van der Waals surface area contributed by atoms with Gasteiger partial charge < -0.3 is 9.88 Å². The number of amides is 1. The van der Waals surface area contributed by atoms with Gasteiger partial charge in [0.1, 0.15) is 6.54 Å². The minimum Gasteiger partial charge on any atom is -0.352 e. The van der Waals surface area contributed by atoms with Crippen LogP contribution in [0.25, 0.3) is 21.8 Å². The Morgan fingerprint density at radius 3 is 2.27 bits per heavy atom. The highest BCUT2D eigenvalue weighted by molar-refractivity contribution is 5.94. The minimum absolute atomic E-state index is 0.0167. The summed E-state index contributed by atoms with van der Waals surface area (Å²) in [7, 11) is 0. The molecule has 1 saturated carbocycles. The Bertz CT molecular complexity index is 961. The number of para-hydroxylation sites is 2. The molecule has 4 heteroatoms. The zero-order valence-corrected chi connectivity index (χ0v) is 15.1. The molecule has 0 saturated heterocycles. The van der Waals surface area contributed by atoms with Gasteiger partial charge in [0.2, 0.25) is 5.91 Å². The fraction of sp³-hybridized carbons (Fsp3) is 0.364. The minimum atomic E-state index is 0.0167. The molecule has 2 unspecified atom stereocenters. The number of benzene rings is 2. The van der Waals surface area contributed by atoms with Crippen LogP contribution in [0.5, 0.6) is 0 Å². The zero-order chi connectivity index (χ0) is 18.1. The summed E-state index contributed by atoms with van der Waals surface area (Å²) in [5.41, 5.74) is 1.64. The quantitative estimate of drug-likeness (QED) is 0.731. The predicted molar refractivity (Wildman–Crippen MR) is 105 cm³/mol. The van der Waals surface area contributed by atoms with E-state index in [0.29, 0.717) is 16.7 Å². The van der Waals surface area contributed by atoms with E-state index < -0.39 is 0 Å². The summed E-state index contributed by atoms with van der Waals surface area (Å²) in [6, 6.07) is 15.3. The maximum Gasteiger partial charge on any atom is 0.240 e. The summed E-state index contributed by atoms with van der Waals surface area (Å²) in [5, 5.41) is 4.52. The van der Waals surface area contributed by atoms with Gasteiger partial charge in [-0.1, -0.05) is 44.0 Å². The van der Waals surface area contributed by atoms with Gasteiger partial charge >= 0.3 is 0 Å². The van der Waals surface area contributed by atoms with E-state index >= 15 is 0 Å². The Kier molecular flexibility index (Phi) is 4.49. The smallest absolute Gasteiger partial charge is 0.240 e. The monoisotopic (exact) mass is 348 g/mol. The van der Waals surface area contributed by atoms with Crippen molar-refractivity contribution in [2.24, 2.45) is 5.92 Å². The first kappa shape index (κ1) is 16.8. The van der Waals surface area contributed by atoms with E-state index in [4.69, 9.17) is 0 Å². The van der Waals surface area contributed by atoms with Crippen LogP contribution in [0, 0.1) is 5.92 Å².